The maximum atomic E-state index is 11.0. The number of carbonyl (C=O) groups excluding carboxylic acids is 2. The first-order valence-corrected chi connectivity index (χ1v) is 4.61. The molecule has 1 N–H and O–H groups in total. The molecule has 1 heterocycles. The summed E-state index contributed by atoms with van der Waals surface area (Å²) in [7, 11) is 0. The van der Waals surface area contributed by atoms with Gasteiger partial charge in [0.05, 0.1) is 6.61 Å². The van der Waals surface area contributed by atoms with Gasteiger partial charge in [0.25, 0.3) is 0 Å². The molecular formula is C9H15NO3. The van der Waals surface area contributed by atoms with Crippen LogP contribution in [0.2, 0.25) is 0 Å². The Bertz CT molecular complexity index is 203. The molecule has 1 unspecified atom stereocenters. The molecule has 13 heavy (non-hydrogen) atoms. The minimum Gasteiger partial charge on any atom is -0.466 e. The van der Waals surface area contributed by atoms with Crippen molar-refractivity contribution in [2.24, 2.45) is 0 Å². The molecule has 1 fully saturated rings. The third kappa shape index (κ3) is 3.92. The molecule has 1 aliphatic heterocycles. The van der Waals surface area contributed by atoms with E-state index in [0.717, 1.165) is 19.3 Å². The summed E-state index contributed by atoms with van der Waals surface area (Å²) in [5.41, 5.74) is 0. The van der Waals surface area contributed by atoms with Crippen molar-refractivity contribution in [1.29, 1.82) is 0 Å². The van der Waals surface area contributed by atoms with Crippen LogP contribution in [0.3, 0.4) is 0 Å². The summed E-state index contributed by atoms with van der Waals surface area (Å²) in [5, 5.41) is 2.86. The van der Waals surface area contributed by atoms with Gasteiger partial charge in [-0.1, -0.05) is 0 Å². The van der Waals surface area contributed by atoms with Crippen molar-refractivity contribution in [1.82, 2.24) is 5.32 Å². The van der Waals surface area contributed by atoms with Gasteiger partial charge in [-0.05, 0) is 12.8 Å². The average molecular weight is 185 g/mol. The number of amides is 1. The highest BCUT2D eigenvalue weighted by Crippen LogP contribution is 2.10. The Labute approximate surface area is 77.6 Å². The third-order valence-corrected chi connectivity index (χ3v) is 2.09. The number of ether oxygens (including phenoxy) is 1. The monoisotopic (exact) mass is 185 g/mol. The van der Waals surface area contributed by atoms with Crippen LogP contribution in [0, 0.1) is 0 Å². The van der Waals surface area contributed by atoms with Crippen molar-refractivity contribution >= 4 is 11.9 Å². The van der Waals surface area contributed by atoms with Crippen LogP contribution in [0.5, 0.6) is 0 Å². The number of piperidine rings is 1. The Morgan fingerprint density at radius 1 is 1.69 bits per heavy atom. The lowest BCUT2D eigenvalue weighted by atomic mass is 10.0. The summed E-state index contributed by atoms with van der Waals surface area (Å²) in [6.07, 6.45) is 3.29. The fourth-order valence-corrected chi connectivity index (χ4v) is 1.44. The maximum absolute atomic E-state index is 11.0. The minimum atomic E-state index is -0.262. The number of carbonyl (C=O) groups is 2. The number of rotatable bonds is 3. The fourth-order valence-electron chi connectivity index (χ4n) is 1.44. The van der Waals surface area contributed by atoms with Crippen LogP contribution in [0.1, 0.15) is 32.6 Å². The molecule has 0 aromatic rings. The van der Waals surface area contributed by atoms with Crippen molar-refractivity contribution in [3.8, 4) is 0 Å². The van der Waals surface area contributed by atoms with Gasteiger partial charge in [0.15, 0.2) is 0 Å². The summed E-state index contributed by atoms with van der Waals surface area (Å²) < 4.78 is 4.79. The zero-order valence-corrected chi connectivity index (χ0v) is 7.84. The molecule has 1 saturated heterocycles. The van der Waals surface area contributed by atoms with E-state index in [-0.39, 0.29) is 17.9 Å². The van der Waals surface area contributed by atoms with E-state index in [4.69, 9.17) is 4.74 Å². The second-order valence-electron chi connectivity index (χ2n) is 3.29. The Morgan fingerprint density at radius 3 is 3.08 bits per heavy atom. The summed E-state index contributed by atoms with van der Waals surface area (Å²) in [4.78, 5) is 21.4. The molecule has 0 aromatic carbocycles. The van der Waals surface area contributed by atoms with Crippen LogP contribution < -0.4 is 5.32 Å². The van der Waals surface area contributed by atoms with Crippen LogP contribution in [0.25, 0.3) is 0 Å². The molecule has 0 aliphatic carbocycles. The van der Waals surface area contributed by atoms with Crippen molar-refractivity contribution in [2.45, 2.75) is 38.6 Å². The second-order valence-corrected chi connectivity index (χ2v) is 3.29. The molecule has 1 amide bonds. The third-order valence-electron chi connectivity index (χ3n) is 2.09. The number of hydrogen-bond donors (Lipinski definition) is 1. The first kappa shape index (κ1) is 10.0. The second kappa shape index (κ2) is 4.84. The van der Waals surface area contributed by atoms with Crippen LogP contribution in [-0.2, 0) is 14.3 Å². The van der Waals surface area contributed by atoms with Crippen molar-refractivity contribution < 1.29 is 14.3 Å². The molecule has 4 nitrogen and oxygen atoms in total. The molecule has 1 rings (SSSR count). The standard InChI is InChI=1S/C9H15NO3/c1-7(11)13-6-5-8-3-2-4-9(12)10-8/h8H,2-6H2,1H3,(H,10,12). The normalized spacial score (nSPS) is 22.2. The Kier molecular flexibility index (Phi) is 3.73. The molecule has 0 bridgehead atoms. The zero-order valence-electron chi connectivity index (χ0n) is 7.84. The van der Waals surface area contributed by atoms with E-state index < -0.39 is 0 Å². The van der Waals surface area contributed by atoms with E-state index in [1.807, 2.05) is 0 Å². The van der Waals surface area contributed by atoms with E-state index in [1.165, 1.54) is 6.92 Å². The lowest BCUT2D eigenvalue weighted by Gasteiger charge is -2.22. The first-order valence-electron chi connectivity index (χ1n) is 4.61. The summed E-state index contributed by atoms with van der Waals surface area (Å²) in [6, 6.07) is 0.195. The number of esters is 1. The molecule has 0 saturated carbocycles. The highest BCUT2D eigenvalue weighted by atomic mass is 16.5. The van der Waals surface area contributed by atoms with Crippen molar-refractivity contribution in [2.75, 3.05) is 6.61 Å². The molecule has 74 valence electrons. The predicted molar refractivity (Wildman–Crippen MR) is 47.0 cm³/mol. The molecule has 0 aromatic heterocycles. The lowest BCUT2D eigenvalue weighted by Crippen LogP contribution is -2.39. The highest BCUT2D eigenvalue weighted by molar-refractivity contribution is 5.76. The molecule has 1 atom stereocenters. The van der Waals surface area contributed by atoms with Crippen molar-refractivity contribution in [3.63, 3.8) is 0 Å². The van der Waals surface area contributed by atoms with E-state index >= 15 is 0 Å². The van der Waals surface area contributed by atoms with Crippen LogP contribution in [-0.4, -0.2) is 24.5 Å². The van der Waals surface area contributed by atoms with Crippen LogP contribution in [0.4, 0.5) is 0 Å². The van der Waals surface area contributed by atoms with Gasteiger partial charge in [-0.3, -0.25) is 9.59 Å². The van der Waals surface area contributed by atoms with E-state index in [1.54, 1.807) is 0 Å². The largest absolute Gasteiger partial charge is 0.466 e. The smallest absolute Gasteiger partial charge is 0.302 e. The Balaban J connectivity index is 2.13. The van der Waals surface area contributed by atoms with E-state index in [2.05, 4.69) is 5.32 Å². The number of nitrogens with one attached hydrogen (secondary N) is 1. The van der Waals surface area contributed by atoms with Crippen LogP contribution >= 0.6 is 0 Å². The summed E-state index contributed by atoms with van der Waals surface area (Å²) in [5.74, 6) is -0.152. The van der Waals surface area contributed by atoms with Crippen molar-refractivity contribution in [3.05, 3.63) is 0 Å². The van der Waals surface area contributed by atoms with Gasteiger partial charge in [-0.2, -0.15) is 0 Å². The lowest BCUT2D eigenvalue weighted by molar-refractivity contribution is -0.141. The number of hydrogen-bond acceptors (Lipinski definition) is 3. The van der Waals surface area contributed by atoms with E-state index in [9.17, 15) is 9.59 Å². The first-order chi connectivity index (χ1) is 6.18. The molecule has 0 radical (unpaired) electrons. The van der Waals surface area contributed by atoms with Gasteiger partial charge in [0, 0.05) is 25.8 Å². The summed E-state index contributed by atoms with van der Waals surface area (Å²) >= 11 is 0. The minimum absolute atomic E-state index is 0.110. The molecule has 4 heteroatoms. The highest BCUT2D eigenvalue weighted by Gasteiger charge is 2.17. The molecular weight excluding hydrogens is 170 g/mol. The Hall–Kier alpha value is -1.06. The van der Waals surface area contributed by atoms with E-state index in [0.29, 0.717) is 13.0 Å². The summed E-state index contributed by atoms with van der Waals surface area (Å²) in [6.45, 7) is 1.79. The predicted octanol–water partition coefficient (Wildman–Crippen LogP) is 0.608. The maximum Gasteiger partial charge on any atom is 0.302 e. The molecule has 0 spiro atoms. The van der Waals surface area contributed by atoms with Gasteiger partial charge in [0.2, 0.25) is 5.91 Å². The quantitative estimate of drug-likeness (QED) is 0.655. The average Bonchev–Trinajstić information content (AvgIpc) is 2.03. The SMILES string of the molecule is CC(=O)OCCC1CCCC(=O)N1. The Morgan fingerprint density at radius 2 is 2.46 bits per heavy atom. The van der Waals surface area contributed by atoms with Gasteiger partial charge in [-0.25, -0.2) is 0 Å². The van der Waals surface area contributed by atoms with Crippen LogP contribution in [0.15, 0.2) is 0 Å². The zero-order chi connectivity index (χ0) is 9.68. The fraction of sp³-hybridized carbons (Fsp3) is 0.778. The molecule has 1 aliphatic rings. The topological polar surface area (TPSA) is 55.4 Å². The van der Waals surface area contributed by atoms with Gasteiger partial charge >= 0.3 is 5.97 Å². The van der Waals surface area contributed by atoms with Gasteiger partial charge in [-0.15, -0.1) is 0 Å². The van der Waals surface area contributed by atoms with Gasteiger partial charge in [0.1, 0.15) is 0 Å². The van der Waals surface area contributed by atoms with Gasteiger partial charge < -0.3 is 10.1 Å².